The lowest BCUT2D eigenvalue weighted by molar-refractivity contribution is -0.437. The largest absolute Gasteiger partial charge is 0.748 e. The summed E-state index contributed by atoms with van der Waals surface area (Å²) in [4.78, 5) is 79.4. The Morgan fingerprint density at radius 1 is 0.558 bits per heavy atom. The monoisotopic (exact) mass is 1580 g/mol. The zero-order chi connectivity index (χ0) is 78.6. The van der Waals surface area contributed by atoms with Gasteiger partial charge in [0.05, 0.1) is 27.0 Å². The predicted molar refractivity (Wildman–Crippen MR) is 371 cm³/mol. The Bertz CT molecular complexity index is 5150. The zero-order valence-electron chi connectivity index (χ0n) is 56.2. The molecule has 0 saturated heterocycles. The van der Waals surface area contributed by atoms with Gasteiger partial charge in [-0.05, 0) is 133 Å². The number of anilines is 1. The van der Waals surface area contributed by atoms with Crippen molar-refractivity contribution < 1.29 is 123 Å². The number of carbonyl (C=O) groups is 4. The van der Waals surface area contributed by atoms with Gasteiger partial charge in [-0.25, -0.2) is 18.4 Å². The first-order chi connectivity index (χ1) is 48.3. The highest BCUT2D eigenvalue weighted by Crippen LogP contribution is 2.53. The molecule has 4 aromatic carbocycles. The lowest BCUT2D eigenvalue weighted by Gasteiger charge is -2.27. The van der Waals surface area contributed by atoms with Crippen LogP contribution < -0.4 is 26.2 Å². The van der Waals surface area contributed by atoms with Crippen LogP contribution in [0, 0.1) is 0 Å². The maximum Gasteiger partial charge on any atom is 0.425 e. The summed E-state index contributed by atoms with van der Waals surface area (Å²) in [6, 6.07) is 21.4. The first-order valence-electron chi connectivity index (χ1n) is 30.6. The summed E-state index contributed by atoms with van der Waals surface area (Å²) >= 11 is 0. The summed E-state index contributed by atoms with van der Waals surface area (Å²) < 4.78 is 216. The van der Waals surface area contributed by atoms with E-state index < -0.39 is 137 Å². The van der Waals surface area contributed by atoms with Crippen molar-refractivity contribution in [3.8, 4) is 22.3 Å². The van der Waals surface area contributed by atoms with Crippen LogP contribution in [0.3, 0.4) is 0 Å². The number of amides is 4. The number of nitrogens with one attached hydrogen (secondary N) is 4. The van der Waals surface area contributed by atoms with Crippen molar-refractivity contribution in [1.82, 2.24) is 31.2 Å². The van der Waals surface area contributed by atoms with Crippen molar-refractivity contribution in [3.63, 3.8) is 0 Å². The van der Waals surface area contributed by atoms with Crippen molar-refractivity contribution in [1.29, 1.82) is 0 Å². The summed E-state index contributed by atoms with van der Waals surface area (Å²) in [7, 11) is -27.8. The summed E-state index contributed by atoms with van der Waals surface area (Å²) in [6.45, 7) is 13.7. The summed E-state index contributed by atoms with van der Waals surface area (Å²) in [5, 5.41) is 12.3. The number of hydrogen-bond donors (Lipinski definition) is 7. The van der Waals surface area contributed by atoms with E-state index in [1.807, 2.05) is 68.7 Å². The Hall–Kier alpha value is -9.59. The van der Waals surface area contributed by atoms with Gasteiger partial charge in [-0.1, -0.05) is 64.0 Å². The molecule has 0 fully saturated rings. The fourth-order valence-electron chi connectivity index (χ4n) is 11.6. The first kappa shape index (κ1) is 86.8. The van der Waals surface area contributed by atoms with Gasteiger partial charge in [-0.3, -0.25) is 32.8 Å². The van der Waals surface area contributed by atoms with E-state index in [0.717, 1.165) is 40.8 Å². The van der Waals surface area contributed by atoms with Crippen LogP contribution in [0.15, 0.2) is 108 Å². The molecule has 0 bridgehead atoms. The van der Waals surface area contributed by atoms with Gasteiger partial charge in [0.2, 0.25) is 5.69 Å². The molecule has 104 heavy (non-hydrogen) atoms. The minimum atomic E-state index is -4.90. The Morgan fingerprint density at radius 3 is 1.42 bits per heavy atom. The van der Waals surface area contributed by atoms with Crippen LogP contribution in [-0.2, 0) is 92.7 Å². The predicted octanol–water partition coefficient (Wildman–Crippen LogP) is 3.24. The second-order valence-corrected chi connectivity index (χ2v) is 30.6. The number of aromatic nitrogens is 2. The maximum absolute atomic E-state index is 13.6. The fourth-order valence-corrected chi connectivity index (χ4v) is 13.5. The van der Waals surface area contributed by atoms with Gasteiger partial charge < -0.3 is 30.7 Å². The van der Waals surface area contributed by atoms with E-state index in [-0.39, 0.29) is 52.2 Å². The van der Waals surface area contributed by atoms with Crippen LogP contribution in [0.1, 0.15) is 127 Å². The van der Waals surface area contributed by atoms with Crippen LogP contribution in [0.5, 0.6) is 0 Å². The number of rotatable bonds is 25. The molecule has 2 aliphatic heterocycles. The standard InChI is InChI=1S/C61H70N8O16S4.CO2.3O3S/c1-8-11-12-25-69-50-36-51(89(83,84)85)44-31-38(41-34-45(56(70)62-9-2)66-46(35-41)57(71)63-10-3)18-21-43(44)55(50)61(6,7)53(69)16-13-15-52-60(4,5)54-42-20-17-37(30-39(42)19-22-49(54)68(52)26-14-27-86(74,75)76)40-32-47(58(72)64-23-28-87(77,78)79)67-48(33-40)59(73)65-24-29-88(80,81)82;2-1-3;3*1-4(2)3/h13,15-22,30-36H,8-12,14,23-29H2,1-7H3,(H7-,62,63,64,65,70,71,72,73,74,75,76,77,78,79,80,81,82,83,84,85);;;;. The average molecular weight is 1580 g/mol. The molecule has 8 rings (SSSR count). The first-order valence-corrected chi connectivity index (χ1v) is 39.8. The minimum Gasteiger partial charge on any atom is -0.748 e. The number of carbonyl (C=O) groups excluding carboxylic acids is 6. The zero-order valence-corrected chi connectivity index (χ0v) is 61.9. The Labute approximate surface area is 601 Å². The molecule has 0 radical (unpaired) electrons. The van der Waals surface area contributed by atoms with Gasteiger partial charge in [0.1, 0.15) is 34.2 Å². The van der Waals surface area contributed by atoms with Crippen LogP contribution >= 0.6 is 0 Å². The quantitative estimate of drug-likeness (QED) is 0.0246. The van der Waals surface area contributed by atoms with Crippen LogP contribution in [0.25, 0.3) is 43.8 Å². The molecule has 4 heterocycles. The lowest BCUT2D eigenvalue weighted by Crippen LogP contribution is -2.32. The molecule has 7 N–H and O–H groups in total. The van der Waals surface area contributed by atoms with Crippen molar-refractivity contribution >= 4 is 141 Å². The van der Waals surface area contributed by atoms with Crippen molar-refractivity contribution in [2.45, 2.75) is 89.9 Å². The third kappa shape index (κ3) is 24.5. The van der Waals surface area contributed by atoms with E-state index in [1.54, 1.807) is 44.2 Å². The third-order valence-corrected chi connectivity index (χ3v) is 18.7. The van der Waals surface area contributed by atoms with Gasteiger partial charge in [0, 0.05) is 84.8 Å². The topological polar surface area (TPSA) is 557 Å². The second-order valence-electron chi connectivity index (χ2n) is 23.3. The molecule has 42 heteroatoms. The van der Waals surface area contributed by atoms with Crippen molar-refractivity contribution in [2.24, 2.45) is 0 Å². The molecule has 2 aromatic heterocycles. The molecule has 4 amide bonds. The number of nitrogens with zero attached hydrogens (tertiary/aromatic N) is 4. The summed E-state index contributed by atoms with van der Waals surface area (Å²) in [6.07, 6.45) is 8.39. The normalized spacial score (nSPS) is 13.8. The Kier molecular flexibility index (Phi) is 31.1. The molecular formula is C62H70N8O27S7. The Morgan fingerprint density at radius 2 is 1.00 bits per heavy atom. The van der Waals surface area contributed by atoms with E-state index in [0.29, 0.717) is 70.5 Å². The summed E-state index contributed by atoms with van der Waals surface area (Å²) in [5.41, 5.74) is 3.64. The third-order valence-electron chi connectivity index (χ3n) is 15.5. The van der Waals surface area contributed by atoms with Gasteiger partial charge in [-0.2, -0.15) is 39.4 Å². The van der Waals surface area contributed by atoms with Gasteiger partial charge in [0.25, 0.3) is 54.0 Å². The maximum atomic E-state index is 13.6. The summed E-state index contributed by atoms with van der Waals surface area (Å²) in [5.74, 6) is -5.09. The number of pyridine rings is 2. The Balaban J connectivity index is 0.00000139. The van der Waals surface area contributed by atoms with Crippen LogP contribution in [0.2, 0.25) is 0 Å². The molecule has 2 aliphatic rings. The highest BCUT2D eigenvalue weighted by molar-refractivity contribution is 7.86. The van der Waals surface area contributed by atoms with Gasteiger partial charge in [-0.15, -0.1) is 37.9 Å². The highest BCUT2D eigenvalue weighted by Gasteiger charge is 2.46. The van der Waals surface area contributed by atoms with E-state index >= 15 is 0 Å². The highest BCUT2D eigenvalue weighted by atomic mass is 32.2. The van der Waals surface area contributed by atoms with E-state index in [1.165, 1.54) is 30.3 Å². The SMILES string of the molecule is CCCCCN1/C(=C/C=C/C2=[N+](CCCS(=O)(=O)[O-])c3ccc4cc(-c5cc(C(=O)NCCS(=O)(=O)O)nc(C(=O)NCCS(=O)(=O)O)c5)ccc4c3C2(C)C)C(C)(C)c2c1cc(S(=O)(=O)O)c1cc(-c3cc(C(=O)NCC)nc(C(=O)NCC)c3)ccc21.O=C=O.O=S(=O)=O.O=S(=O)=O.O=S(=O)=O. The number of unbranched alkanes of at least 4 members (excludes halogenated alkanes) is 2. The van der Waals surface area contributed by atoms with E-state index in [2.05, 4.69) is 43.1 Å². The van der Waals surface area contributed by atoms with Crippen LogP contribution in [0.4, 0.5) is 11.4 Å². The van der Waals surface area contributed by atoms with Crippen molar-refractivity contribution in [3.05, 3.63) is 137 Å². The van der Waals surface area contributed by atoms with E-state index in [9.17, 15) is 71.1 Å². The van der Waals surface area contributed by atoms with Gasteiger partial charge in [0.15, 0.2) is 5.71 Å². The average Bonchev–Trinajstić information content (AvgIpc) is 1.54. The molecule has 35 nitrogen and oxygen atoms in total. The molecule has 0 saturated carbocycles. The van der Waals surface area contributed by atoms with E-state index in [4.69, 9.17) is 47.5 Å². The number of allylic oxidation sites excluding steroid dienone is 4. The number of fused-ring (bicyclic) bond motifs is 6. The molecular weight excluding hydrogens is 1510 g/mol. The molecule has 0 atom stereocenters. The van der Waals surface area contributed by atoms with Crippen LogP contribution in [-0.4, -0.2) is 196 Å². The minimum absolute atomic E-state index is 0.0272. The molecule has 6 aromatic rings. The molecule has 0 aliphatic carbocycles. The van der Waals surface area contributed by atoms with Crippen molar-refractivity contribution in [2.75, 3.05) is 61.4 Å². The molecule has 562 valence electrons. The molecule has 0 spiro atoms. The second kappa shape index (κ2) is 37.2. The fraction of sp³-hybridized carbons (Fsp3) is 0.355. The number of hydrogen-bond acceptors (Lipinski definition) is 27. The lowest BCUT2D eigenvalue weighted by atomic mass is 9.78. The smallest absolute Gasteiger partial charge is 0.425 e. The number of benzene rings is 4. The molecule has 0 unspecified atom stereocenters. The van der Waals surface area contributed by atoms with Gasteiger partial charge >= 0.3 is 38.0 Å².